The third-order valence-corrected chi connectivity index (χ3v) is 5.36. The number of rotatable bonds is 6. The third kappa shape index (κ3) is 3.61. The summed E-state index contributed by atoms with van der Waals surface area (Å²) in [4.78, 5) is 25.5. The Labute approximate surface area is 158 Å². The lowest BCUT2D eigenvalue weighted by Gasteiger charge is -2.18. The highest BCUT2D eigenvalue weighted by molar-refractivity contribution is 6.31. The predicted octanol–water partition coefficient (Wildman–Crippen LogP) is 4.25. The number of carbonyl (C=O) groups excluding carboxylic acids is 2. The van der Waals surface area contributed by atoms with Crippen LogP contribution in [0.3, 0.4) is 0 Å². The highest BCUT2D eigenvalue weighted by atomic mass is 35.5. The van der Waals surface area contributed by atoms with Gasteiger partial charge in [0.15, 0.2) is 0 Å². The average Bonchev–Trinajstić information content (AvgIpc) is 3.44. The Morgan fingerprint density at radius 3 is 2.38 bits per heavy atom. The number of para-hydroxylation sites is 1. The molecule has 0 radical (unpaired) electrons. The molecule has 0 spiro atoms. The molecule has 0 aromatic heterocycles. The van der Waals surface area contributed by atoms with Crippen molar-refractivity contribution >= 4 is 29.1 Å². The largest absolute Gasteiger partial charge is 0.351 e. The van der Waals surface area contributed by atoms with E-state index in [2.05, 4.69) is 10.6 Å². The topological polar surface area (TPSA) is 58.2 Å². The number of halogens is 1. The Balaban J connectivity index is 1.69. The summed E-state index contributed by atoms with van der Waals surface area (Å²) in [5, 5.41) is 6.47. The summed E-state index contributed by atoms with van der Waals surface area (Å²) in [6.45, 7) is 4.33. The van der Waals surface area contributed by atoms with E-state index >= 15 is 0 Å². The molecule has 5 heteroatoms. The Hall–Kier alpha value is -2.33. The maximum absolute atomic E-state index is 12.8. The molecule has 1 aliphatic rings. The van der Waals surface area contributed by atoms with E-state index in [1.165, 1.54) is 0 Å². The van der Waals surface area contributed by atoms with Crippen LogP contribution in [0, 0.1) is 12.3 Å². The zero-order valence-corrected chi connectivity index (χ0v) is 15.8. The van der Waals surface area contributed by atoms with Crippen LogP contribution in [0.4, 0.5) is 5.69 Å². The molecule has 1 aliphatic carbocycles. The van der Waals surface area contributed by atoms with Gasteiger partial charge in [-0.15, -0.1) is 0 Å². The van der Waals surface area contributed by atoms with Gasteiger partial charge in [-0.05, 0) is 48.9 Å². The summed E-state index contributed by atoms with van der Waals surface area (Å²) in [6.07, 6.45) is 1.96. The van der Waals surface area contributed by atoms with Crippen molar-refractivity contribution in [1.82, 2.24) is 5.32 Å². The summed E-state index contributed by atoms with van der Waals surface area (Å²) in [5.74, 6) is -0.459. The van der Waals surface area contributed by atoms with Gasteiger partial charge in [0, 0.05) is 17.3 Å². The van der Waals surface area contributed by atoms with Gasteiger partial charge in [-0.1, -0.05) is 54.9 Å². The summed E-state index contributed by atoms with van der Waals surface area (Å²) in [7, 11) is 0. The first-order valence-corrected chi connectivity index (χ1v) is 9.27. The number of benzene rings is 2. The van der Waals surface area contributed by atoms with Crippen LogP contribution in [0.5, 0.6) is 0 Å². The number of anilines is 1. The van der Waals surface area contributed by atoms with Crippen molar-refractivity contribution in [2.45, 2.75) is 39.7 Å². The number of nitrogens with one attached hydrogen (secondary N) is 2. The van der Waals surface area contributed by atoms with Crippen molar-refractivity contribution in [2.24, 2.45) is 5.41 Å². The summed E-state index contributed by atoms with van der Waals surface area (Å²) in [5.41, 5.74) is 2.78. The normalized spacial score (nSPS) is 14.6. The van der Waals surface area contributed by atoms with Crippen molar-refractivity contribution in [1.29, 1.82) is 0 Å². The molecular weight excluding hydrogens is 348 g/mol. The first kappa shape index (κ1) is 18.5. The molecule has 0 saturated heterocycles. The molecule has 3 rings (SSSR count). The minimum atomic E-state index is -0.964. The van der Waals surface area contributed by atoms with Crippen LogP contribution in [0.2, 0.25) is 5.02 Å². The van der Waals surface area contributed by atoms with E-state index < -0.39 is 5.41 Å². The molecule has 1 saturated carbocycles. The monoisotopic (exact) mass is 370 g/mol. The standard InChI is InChI=1S/C21H23ClN2O2/c1-3-15-9-6-7-14(2)18(15)24-20(26)21(11-12-21)19(25)23-13-16-8-4-5-10-17(16)22/h4-10H,3,11-13H2,1-2H3,(H,23,25)(H,24,26). The van der Waals surface area contributed by atoms with Gasteiger partial charge in [0.1, 0.15) is 5.41 Å². The quantitative estimate of drug-likeness (QED) is 0.747. The van der Waals surface area contributed by atoms with Gasteiger partial charge in [0.2, 0.25) is 11.8 Å². The van der Waals surface area contributed by atoms with Gasteiger partial charge in [-0.2, -0.15) is 0 Å². The van der Waals surface area contributed by atoms with Crippen LogP contribution in [0.1, 0.15) is 36.5 Å². The molecule has 2 N–H and O–H groups in total. The van der Waals surface area contributed by atoms with Crippen LogP contribution >= 0.6 is 11.6 Å². The van der Waals surface area contributed by atoms with Gasteiger partial charge < -0.3 is 10.6 Å². The zero-order valence-electron chi connectivity index (χ0n) is 15.1. The van der Waals surface area contributed by atoms with Crippen LogP contribution in [0.25, 0.3) is 0 Å². The fourth-order valence-electron chi connectivity index (χ4n) is 3.10. The molecule has 0 heterocycles. The second kappa shape index (κ2) is 7.50. The Morgan fingerprint density at radius 2 is 1.73 bits per heavy atom. The number of hydrogen-bond donors (Lipinski definition) is 2. The van der Waals surface area contributed by atoms with Crippen molar-refractivity contribution in [3.05, 3.63) is 64.2 Å². The number of aryl methyl sites for hydroxylation is 2. The summed E-state index contributed by atoms with van der Waals surface area (Å²) >= 11 is 6.13. The maximum Gasteiger partial charge on any atom is 0.240 e. The van der Waals surface area contributed by atoms with E-state index in [9.17, 15) is 9.59 Å². The minimum Gasteiger partial charge on any atom is -0.351 e. The molecular formula is C21H23ClN2O2. The molecule has 1 fully saturated rings. The van der Waals surface area contributed by atoms with Crippen molar-refractivity contribution in [3.63, 3.8) is 0 Å². The van der Waals surface area contributed by atoms with E-state index in [-0.39, 0.29) is 11.8 Å². The van der Waals surface area contributed by atoms with Crippen molar-refractivity contribution in [3.8, 4) is 0 Å². The van der Waals surface area contributed by atoms with Crippen LogP contribution < -0.4 is 10.6 Å². The minimum absolute atomic E-state index is 0.224. The predicted molar refractivity (Wildman–Crippen MR) is 104 cm³/mol. The third-order valence-electron chi connectivity index (χ3n) is 5.00. The Bertz CT molecular complexity index is 844. The number of hydrogen-bond acceptors (Lipinski definition) is 2. The molecule has 0 bridgehead atoms. The second-order valence-corrected chi connectivity index (χ2v) is 7.18. The molecule has 136 valence electrons. The SMILES string of the molecule is CCc1cccc(C)c1NC(=O)C1(C(=O)NCc2ccccc2Cl)CC1. The first-order valence-electron chi connectivity index (χ1n) is 8.89. The van der Waals surface area contributed by atoms with E-state index in [1.54, 1.807) is 6.07 Å². The Kier molecular flexibility index (Phi) is 5.33. The lowest BCUT2D eigenvalue weighted by Crippen LogP contribution is -2.40. The maximum atomic E-state index is 12.8. The van der Waals surface area contributed by atoms with Gasteiger partial charge >= 0.3 is 0 Å². The number of amides is 2. The Morgan fingerprint density at radius 1 is 1.04 bits per heavy atom. The molecule has 0 aliphatic heterocycles. The molecule has 4 nitrogen and oxygen atoms in total. The van der Waals surface area contributed by atoms with Crippen molar-refractivity contribution < 1.29 is 9.59 Å². The summed E-state index contributed by atoms with van der Waals surface area (Å²) in [6, 6.07) is 13.3. The molecule has 26 heavy (non-hydrogen) atoms. The van der Waals surface area contributed by atoms with Gasteiger partial charge in [-0.25, -0.2) is 0 Å². The number of carbonyl (C=O) groups is 2. The fraction of sp³-hybridized carbons (Fsp3) is 0.333. The molecule has 2 aromatic carbocycles. The molecule has 2 aromatic rings. The van der Waals surface area contributed by atoms with Crippen molar-refractivity contribution in [2.75, 3.05) is 5.32 Å². The van der Waals surface area contributed by atoms with Crippen LogP contribution in [-0.4, -0.2) is 11.8 Å². The van der Waals surface area contributed by atoms with E-state index in [0.717, 1.165) is 28.8 Å². The lowest BCUT2D eigenvalue weighted by atomic mass is 10.0. The van der Waals surface area contributed by atoms with Gasteiger partial charge in [-0.3, -0.25) is 9.59 Å². The van der Waals surface area contributed by atoms with Gasteiger partial charge in [0.25, 0.3) is 0 Å². The summed E-state index contributed by atoms with van der Waals surface area (Å²) < 4.78 is 0. The highest BCUT2D eigenvalue weighted by Gasteiger charge is 2.56. The zero-order chi connectivity index (χ0) is 18.7. The smallest absolute Gasteiger partial charge is 0.240 e. The molecule has 0 unspecified atom stereocenters. The van der Waals surface area contributed by atoms with E-state index in [1.807, 2.05) is 50.2 Å². The molecule has 2 amide bonds. The second-order valence-electron chi connectivity index (χ2n) is 6.77. The van der Waals surface area contributed by atoms with E-state index in [0.29, 0.717) is 24.4 Å². The molecule has 0 atom stereocenters. The fourth-order valence-corrected chi connectivity index (χ4v) is 3.31. The van der Waals surface area contributed by atoms with E-state index in [4.69, 9.17) is 11.6 Å². The van der Waals surface area contributed by atoms with Crippen LogP contribution in [-0.2, 0) is 22.6 Å². The van der Waals surface area contributed by atoms with Crippen LogP contribution in [0.15, 0.2) is 42.5 Å². The average molecular weight is 371 g/mol. The first-order chi connectivity index (χ1) is 12.5. The lowest BCUT2D eigenvalue weighted by molar-refractivity contribution is -0.134. The van der Waals surface area contributed by atoms with Gasteiger partial charge in [0.05, 0.1) is 0 Å². The highest BCUT2D eigenvalue weighted by Crippen LogP contribution is 2.47.